The standard InChI is InChI=1S/C27H27N5O2/c33-25(14-13-24-29-27(30-34-24)23-12-7-15-28-20-23)31-16-18-32(19-17-31)26(21-8-3-1-4-9-21)22-10-5-2-6-11-22/h1-12,15,20,26H,13-14,16-19H2. The molecule has 1 fully saturated rings. The van der Waals surface area contributed by atoms with E-state index in [0.29, 0.717) is 37.6 Å². The second kappa shape index (κ2) is 10.4. The normalized spacial score (nSPS) is 14.4. The number of pyridine rings is 1. The first-order valence-electron chi connectivity index (χ1n) is 11.6. The lowest BCUT2D eigenvalue weighted by molar-refractivity contribution is -0.133. The molecule has 0 bridgehead atoms. The smallest absolute Gasteiger partial charge is 0.227 e. The zero-order valence-electron chi connectivity index (χ0n) is 19.0. The number of rotatable bonds is 7. The average molecular weight is 454 g/mol. The van der Waals surface area contributed by atoms with Crippen LogP contribution in [-0.4, -0.2) is 57.0 Å². The number of benzene rings is 2. The summed E-state index contributed by atoms with van der Waals surface area (Å²) in [5.41, 5.74) is 3.34. The van der Waals surface area contributed by atoms with E-state index in [0.717, 1.165) is 18.7 Å². The third-order valence-corrected chi connectivity index (χ3v) is 6.20. The number of hydrogen-bond acceptors (Lipinski definition) is 6. The average Bonchev–Trinajstić information content (AvgIpc) is 3.39. The maximum absolute atomic E-state index is 12.9. The van der Waals surface area contributed by atoms with Crippen molar-refractivity contribution in [1.29, 1.82) is 0 Å². The molecule has 7 nitrogen and oxygen atoms in total. The Morgan fingerprint density at radius 2 is 1.56 bits per heavy atom. The summed E-state index contributed by atoms with van der Waals surface area (Å²) in [5, 5.41) is 4.01. The van der Waals surface area contributed by atoms with Gasteiger partial charge in [0, 0.05) is 57.0 Å². The molecule has 0 saturated carbocycles. The summed E-state index contributed by atoms with van der Waals surface area (Å²) >= 11 is 0. The highest BCUT2D eigenvalue weighted by atomic mass is 16.5. The maximum Gasteiger partial charge on any atom is 0.227 e. The molecule has 0 aliphatic carbocycles. The van der Waals surface area contributed by atoms with E-state index >= 15 is 0 Å². The highest BCUT2D eigenvalue weighted by molar-refractivity contribution is 5.76. The van der Waals surface area contributed by atoms with Crippen molar-refractivity contribution in [3.8, 4) is 11.4 Å². The lowest BCUT2D eigenvalue weighted by Gasteiger charge is -2.39. The maximum atomic E-state index is 12.9. The molecule has 34 heavy (non-hydrogen) atoms. The molecule has 2 aromatic carbocycles. The summed E-state index contributed by atoms with van der Waals surface area (Å²) in [6, 6.07) is 25.0. The van der Waals surface area contributed by atoms with Crippen molar-refractivity contribution < 1.29 is 9.32 Å². The van der Waals surface area contributed by atoms with E-state index < -0.39 is 0 Å². The summed E-state index contributed by atoms with van der Waals surface area (Å²) in [4.78, 5) is 25.8. The van der Waals surface area contributed by atoms with Gasteiger partial charge in [0.05, 0.1) is 6.04 Å². The number of amides is 1. The monoisotopic (exact) mass is 453 g/mol. The number of aromatic nitrogens is 3. The Morgan fingerprint density at radius 3 is 2.18 bits per heavy atom. The molecule has 5 rings (SSSR count). The molecular formula is C27H27N5O2. The van der Waals surface area contributed by atoms with Crippen LogP contribution < -0.4 is 0 Å². The minimum Gasteiger partial charge on any atom is -0.340 e. The van der Waals surface area contributed by atoms with Crippen molar-refractivity contribution >= 4 is 5.91 Å². The first-order chi connectivity index (χ1) is 16.8. The summed E-state index contributed by atoms with van der Waals surface area (Å²) in [6.45, 7) is 3.07. The molecular weight excluding hydrogens is 426 g/mol. The largest absolute Gasteiger partial charge is 0.340 e. The highest BCUT2D eigenvalue weighted by Gasteiger charge is 2.28. The topological polar surface area (TPSA) is 75.4 Å². The van der Waals surface area contributed by atoms with Gasteiger partial charge in [0.2, 0.25) is 17.6 Å². The van der Waals surface area contributed by atoms with Crippen LogP contribution in [0.25, 0.3) is 11.4 Å². The van der Waals surface area contributed by atoms with Gasteiger partial charge in [-0.2, -0.15) is 4.98 Å². The lowest BCUT2D eigenvalue weighted by Crippen LogP contribution is -2.49. The van der Waals surface area contributed by atoms with Crippen LogP contribution in [0, 0.1) is 0 Å². The van der Waals surface area contributed by atoms with Gasteiger partial charge in [-0.1, -0.05) is 65.8 Å². The molecule has 0 spiro atoms. The van der Waals surface area contributed by atoms with Crippen molar-refractivity contribution in [2.75, 3.05) is 26.2 Å². The molecule has 3 heterocycles. The van der Waals surface area contributed by atoms with Gasteiger partial charge >= 0.3 is 0 Å². The number of carbonyl (C=O) groups excluding carboxylic acids is 1. The zero-order valence-corrected chi connectivity index (χ0v) is 19.0. The highest BCUT2D eigenvalue weighted by Crippen LogP contribution is 2.29. The Morgan fingerprint density at radius 1 is 0.882 bits per heavy atom. The van der Waals surface area contributed by atoms with Crippen LogP contribution in [-0.2, 0) is 11.2 Å². The number of aryl methyl sites for hydroxylation is 1. The van der Waals surface area contributed by atoms with E-state index in [4.69, 9.17) is 4.52 Å². The SMILES string of the molecule is O=C(CCc1nc(-c2cccnc2)no1)N1CCN(C(c2ccccc2)c2ccccc2)CC1. The fourth-order valence-electron chi connectivity index (χ4n) is 4.45. The zero-order chi connectivity index (χ0) is 23.2. The molecule has 4 aromatic rings. The van der Waals surface area contributed by atoms with E-state index in [1.165, 1.54) is 11.1 Å². The van der Waals surface area contributed by atoms with E-state index in [2.05, 4.69) is 68.6 Å². The predicted octanol–water partition coefficient (Wildman–Crippen LogP) is 4.00. The summed E-state index contributed by atoms with van der Waals surface area (Å²) < 4.78 is 5.34. The predicted molar refractivity (Wildman–Crippen MR) is 129 cm³/mol. The van der Waals surface area contributed by atoms with Gasteiger partial charge in [-0.05, 0) is 23.3 Å². The van der Waals surface area contributed by atoms with Crippen LogP contribution in [0.2, 0.25) is 0 Å². The van der Waals surface area contributed by atoms with Crippen molar-refractivity contribution in [3.63, 3.8) is 0 Å². The molecule has 7 heteroatoms. The van der Waals surface area contributed by atoms with Crippen molar-refractivity contribution in [2.24, 2.45) is 0 Å². The minimum absolute atomic E-state index is 0.122. The number of piperazine rings is 1. The van der Waals surface area contributed by atoms with Crippen molar-refractivity contribution in [2.45, 2.75) is 18.9 Å². The second-order valence-corrected chi connectivity index (χ2v) is 8.39. The molecule has 0 N–H and O–H groups in total. The molecule has 0 radical (unpaired) electrons. The molecule has 0 atom stereocenters. The van der Waals surface area contributed by atoms with E-state index in [1.807, 2.05) is 29.2 Å². The first-order valence-corrected chi connectivity index (χ1v) is 11.6. The van der Waals surface area contributed by atoms with Crippen LogP contribution in [0.1, 0.15) is 29.5 Å². The van der Waals surface area contributed by atoms with Gasteiger partial charge in [0.15, 0.2) is 0 Å². The van der Waals surface area contributed by atoms with Crippen LogP contribution in [0.5, 0.6) is 0 Å². The third-order valence-electron chi connectivity index (χ3n) is 6.20. The Bertz CT molecular complexity index is 1150. The van der Waals surface area contributed by atoms with E-state index in [9.17, 15) is 4.79 Å². The molecule has 1 saturated heterocycles. The molecule has 0 unspecified atom stereocenters. The quantitative estimate of drug-likeness (QED) is 0.421. The van der Waals surface area contributed by atoms with Gasteiger partial charge in [-0.25, -0.2) is 0 Å². The molecule has 2 aromatic heterocycles. The van der Waals surface area contributed by atoms with Crippen LogP contribution in [0.4, 0.5) is 0 Å². The lowest BCUT2D eigenvalue weighted by atomic mass is 9.96. The molecule has 1 aliphatic rings. The fraction of sp³-hybridized carbons (Fsp3) is 0.259. The van der Waals surface area contributed by atoms with Crippen LogP contribution >= 0.6 is 0 Å². The van der Waals surface area contributed by atoms with Gasteiger partial charge in [0.25, 0.3) is 0 Å². The Balaban J connectivity index is 1.18. The third kappa shape index (κ3) is 5.05. The summed E-state index contributed by atoms with van der Waals surface area (Å²) in [6.07, 6.45) is 4.18. The van der Waals surface area contributed by atoms with E-state index in [1.54, 1.807) is 12.4 Å². The van der Waals surface area contributed by atoms with Crippen LogP contribution in [0.3, 0.4) is 0 Å². The Hall–Kier alpha value is -3.84. The second-order valence-electron chi connectivity index (χ2n) is 8.39. The molecule has 1 amide bonds. The van der Waals surface area contributed by atoms with Crippen LogP contribution in [0.15, 0.2) is 89.7 Å². The van der Waals surface area contributed by atoms with Gasteiger partial charge < -0.3 is 9.42 Å². The summed E-state index contributed by atoms with van der Waals surface area (Å²) in [7, 11) is 0. The Kier molecular flexibility index (Phi) is 6.72. The minimum atomic E-state index is 0.122. The molecule has 1 aliphatic heterocycles. The first kappa shape index (κ1) is 22.0. The Labute approximate surface area is 199 Å². The number of hydrogen-bond donors (Lipinski definition) is 0. The van der Waals surface area contributed by atoms with Gasteiger partial charge in [-0.15, -0.1) is 0 Å². The van der Waals surface area contributed by atoms with E-state index in [-0.39, 0.29) is 11.9 Å². The fourth-order valence-corrected chi connectivity index (χ4v) is 4.45. The number of carbonyl (C=O) groups is 1. The van der Waals surface area contributed by atoms with Gasteiger partial charge in [0.1, 0.15) is 0 Å². The number of nitrogens with zero attached hydrogens (tertiary/aromatic N) is 5. The summed E-state index contributed by atoms with van der Waals surface area (Å²) in [5.74, 6) is 1.09. The van der Waals surface area contributed by atoms with Gasteiger partial charge in [-0.3, -0.25) is 14.7 Å². The van der Waals surface area contributed by atoms with Crippen molar-refractivity contribution in [1.82, 2.24) is 24.9 Å². The van der Waals surface area contributed by atoms with Crippen molar-refractivity contribution in [3.05, 3.63) is 102 Å². The molecule has 172 valence electrons.